The molecular weight excluding hydrogens is 479 g/mol. The number of para-hydroxylation sites is 1. The Balaban J connectivity index is 1.91. The van der Waals surface area contributed by atoms with E-state index in [1.807, 2.05) is 49.4 Å². The molecule has 4 nitrogen and oxygen atoms in total. The molecule has 0 N–H and O–H groups in total. The van der Waals surface area contributed by atoms with Gasteiger partial charge in [-0.1, -0.05) is 12.1 Å². The molecule has 3 rings (SSSR count). The highest BCUT2D eigenvalue weighted by Crippen LogP contribution is 2.37. The monoisotopic (exact) mass is 494 g/mol. The molecule has 0 saturated heterocycles. The number of thioether (sulfide) groups is 1. The van der Waals surface area contributed by atoms with E-state index in [4.69, 9.17) is 9.47 Å². The predicted octanol–water partition coefficient (Wildman–Crippen LogP) is 5.96. The largest absolute Gasteiger partial charge is 0.493 e. The number of rotatable bonds is 6. The quantitative estimate of drug-likeness (QED) is 0.240. The molecule has 0 bridgehead atoms. The molecule has 0 spiro atoms. The minimum absolute atomic E-state index is 0.568. The second-order valence-electron chi connectivity index (χ2n) is 5.14. The van der Waals surface area contributed by atoms with Crippen LogP contribution < -0.4 is 9.47 Å². The minimum atomic E-state index is 0.568. The molecule has 0 amide bonds. The van der Waals surface area contributed by atoms with Crippen LogP contribution in [0.4, 0.5) is 0 Å². The van der Waals surface area contributed by atoms with Crippen molar-refractivity contribution in [2.75, 3.05) is 13.7 Å². The molecule has 1 aromatic heterocycles. The summed E-state index contributed by atoms with van der Waals surface area (Å²) in [5.74, 6) is 1.39. The number of aromatic nitrogens is 1. The highest BCUT2D eigenvalue weighted by atomic mass is 127. The molecule has 7 heteroatoms. The Hall–Kier alpha value is -1.76. The van der Waals surface area contributed by atoms with Crippen LogP contribution in [-0.2, 0) is 0 Å². The van der Waals surface area contributed by atoms with Gasteiger partial charge in [-0.05, 0) is 77.2 Å². The molecule has 132 valence electrons. The fourth-order valence-corrected chi connectivity index (χ4v) is 5.09. The van der Waals surface area contributed by atoms with Gasteiger partial charge in [0.05, 0.1) is 32.4 Å². The molecule has 0 atom stereocenters. The maximum absolute atomic E-state index is 9.54. The molecule has 0 aliphatic carbocycles. The number of nitriles is 1. The lowest BCUT2D eigenvalue weighted by molar-refractivity contribution is 0.308. The van der Waals surface area contributed by atoms with Crippen molar-refractivity contribution in [3.63, 3.8) is 0 Å². The fraction of sp³-hybridized carbons (Fsp3) is 0.158. The number of halogens is 1. The third-order valence-corrected chi connectivity index (χ3v) is 6.25. The Kier molecular flexibility index (Phi) is 6.40. The van der Waals surface area contributed by atoms with E-state index in [0.29, 0.717) is 17.3 Å². The molecule has 3 aromatic rings. The summed E-state index contributed by atoms with van der Waals surface area (Å²) in [5.41, 5.74) is 1.84. The Morgan fingerprint density at radius 2 is 2.19 bits per heavy atom. The summed E-state index contributed by atoms with van der Waals surface area (Å²) in [6.45, 7) is 2.50. The first-order valence-electron chi connectivity index (χ1n) is 7.80. The van der Waals surface area contributed by atoms with Crippen LogP contribution in [0.1, 0.15) is 12.5 Å². The second-order valence-corrected chi connectivity index (χ2v) is 8.62. The molecule has 0 saturated carbocycles. The van der Waals surface area contributed by atoms with E-state index in [9.17, 15) is 5.26 Å². The van der Waals surface area contributed by atoms with Gasteiger partial charge in [-0.15, -0.1) is 11.3 Å². The molecule has 0 unspecified atom stereocenters. The Labute approximate surface area is 174 Å². The molecule has 2 aromatic carbocycles. The Bertz CT molecular complexity index is 975. The third kappa shape index (κ3) is 4.31. The van der Waals surface area contributed by atoms with Gasteiger partial charge in [-0.3, -0.25) is 0 Å². The van der Waals surface area contributed by atoms with Gasteiger partial charge < -0.3 is 9.47 Å². The van der Waals surface area contributed by atoms with Crippen molar-refractivity contribution >= 4 is 62.0 Å². The average molecular weight is 494 g/mol. The van der Waals surface area contributed by atoms with Crippen LogP contribution in [0.3, 0.4) is 0 Å². The summed E-state index contributed by atoms with van der Waals surface area (Å²) in [5, 5.41) is 9.54. The lowest BCUT2D eigenvalue weighted by atomic mass is 10.2. The number of ether oxygens (including phenoxy) is 2. The topological polar surface area (TPSA) is 55.1 Å². The van der Waals surface area contributed by atoms with Crippen LogP contribution in [0, 0.1) is 14.9 Å². The number of nitrogens with zero attached hydrogens (tertiary/aromatic N) is 2. The van der Waals surface area contributed by atoms with Gasteiger partial charge in [0.2, 0.25) is 0 Å². The molecule has 26 heavy (non-hydrogen) atoms. The van der Waals surface area contributed by atoms with Crippen molar-refractivity contribution in [2.24, 2.45) is 0 Å². The maximum atomic E-state index is 9.54. The summed E-state index contributed by atoms with van der Waals surface area (Å²) in [4.78, 5) is 5.15. The number of fused-ring (bicyclic) bond motifs is 1. The van der Waals surface area contributed by atoms with Crippen molar-refractivity contribution < 1.29 is 9.47 Å². The van der Waals surface area contributed by atoms with Gasteiger partial charge in [0.1, 0.15) is 6.07 Å². The van der Waals surface area contributed by atoms with E-state index in [1.54, 1.807) is 18.4 Å². The fourth-order valence-electron chi connectivity index (χ4n) is 2.33. The van der Waals surface area contributed by atoms with E-state index < -0.39 is 0 Å². The number of benzene rings is 2. The lowest BCUT2D eigenvalue weighted by Crippen LogP contribution is -1.98. The van der Waals surface area contributed by atoms with Gasteiger partial charge in [-0.25, -0.2) is 4.98 Å². The zero-order chi connectivity index (χ0) is 18.5. The number of allylic oxidation sites excluding steroid dienone is 1. The molecular formula is C19H15IN2O2S2. The lowest BCUT2D eigenvalue weighted by Gasteiger charge is -2.12. The third-order valence-electron chi connectivity index (χ3n) is 3.42. The molecule has 0 aliphatic rings. The minimum Gasteiger partial charge on any atom is -0.493 e. The first-order valence-corrected chi connectivity index (χ1v) is 10.5. The smallest absolute Gasteiger partial charge is 0.174 e. The van der Waals surface area contributed by atoms with Crippen molar-refractivity contribution in [2.45, 2.75) is 11.3 Å². The van der Waals surface area contributed by atoms with E-state index in [2.05, 4.69) is 33.6 Å². The Morgan fingerprint density at radius 1 is 1.38 bits per heavy atom. The highest BCUT2D eigenvalue weighted by molar-refractivity contribution is 14.1. The van der Waals surface area contributed by atoms with Crippen LogP contribution in [0.2, 0.25) is 0 Å². The number of hydrogen-bond acceptors (Lipinski definition) is 6. The number of methoxy groups -OCH3 is 1. The number of thiazole rings is 1. The van der Waals surface area contributed by atoms with Crippen LogP contribution in [-0.4, -0.2) is 18.7 Å². The first-order chi connectivity index (χ1) is 12.6. The van der Waals surface area contributed by atoms with Crippen molar-refractivity contribution in [1.82, 2.24) is 4.98 Å². The van der Waals surface area contributed by atoms with Gasteiger partial charge in [-0.2, -0.15) is 5.26 Å². The van der Waals surface area contributed by atoms with Crippen molar-refractivity contribution in [1.29, 1.82) is 5.26 Å². The summed E-state index contributed by atoms with van der Waals surface area (Å²) in [7, 11) is 1.61. The normalized spacial score (nSPS) is 11.4. The Morgan fingerprint density at radius 3 is 2.88 bits per heavy atom. The zero-order valence-electron chi connectivity index (χ0n) is 14.2. The predicted molar refractivity (Wildman–Crippen MR) is 116 cm³/mol. The van der Waals surface area contributed by atoms with Gasteiger partial charge in [0, 0.05) is 0 Å². The van der Waals surface area contributed by atoms with Crippen LogP contribution in [0.15, 0.2) is 45.6 Å². The van der Waals surface area contributed by atoms with E-state index in [1.165, 1.54) is 11.8 Å². The average Bonchev–Trinajstić information content (AvgIpc) is 3.05. The van der Waals surface area contributed by atoms with Gasteiger partial charge in [0.25, 0.3) is 0 Å². The molecule has 1 heterocycles. The van der Waals surface area contributed by atoms with E-state index >= 15 is 0 Å². The standard InChI is InChI=1S/C19H15IN2O2S2/c1-3-24-18-14(20)9-12(10-16(18)23-2)8-13(11-21)25-19-22-15-6-4-5-7-17(15)26-19/h4-10H,3H2,1-2H3/b13-8+. The highest BCUT2D eigenvalue weighted by Gasteiger charge is 2.12. The van der Waals surface area contributed by atoms with Gasteiger partial charge in [0.15, 0.2) is 15.8 Å². The number of hydrogen-bond donors (Lipinski definition) is 0. The SMILES string of the molecule is CCOc1c(I)cc(/C=C(\C#N)Sc2nc3ccccc3s2)cc1OC. The summed E-state index contributed by atoms with van der Waals surface area (Å²) < 4.78 is 14.0. The molecule has 0 aliphatic heterocycles. The summed E-state index contributed by atoms with van der Waals surface area (Å²) in [6, 6.07) is 14.1. The first kappa shape index (κ1) is 19.0. The van der Waals surface area contributed by atoms with Crippen molar-refractivity contribution in [3.05, 3.63) is 50.4 Å². The molecule has 0 radical (unpaired) electrons. The maximum Gasteiger partial charge on any atom is 0.174 e. The zero-order valence-corrected chi connectivity index (χ0v) is 17.9. The summed E-state index contributed by atoms with van der Waals surface area (Å²) in [6.07, 6.45) is 1.84. The van der Waals surface area contributed by atoms with E-state index in [-0.39, 0.29) is 0 Å². The van der Waals surface area contributed by atoms with Crippen molar-refractivity contribution in [3.8, 4) is 17.6 Å². The second kappa shape index (κ2) is 8.75. The van der Waals surface area contributed by atoms with Gasteiger partial charge >= 0.3 is 0 Å². The van der Waals surface area contributed by atoms with E-state index in [0.717, 1.165) is 29.4 Å². The van der Waals surface area contributed by atoms with Crippen LogP contribution in [0.25, 0.3) is 16.3 Å². The van der Waals surface area contributed by atoms with Crippen LogP contribution >= 0.6 is 45.7 Å². The van der Waals surface area contributed by atoms with Crippen LogP contribution in [0.5, 0.6) is 11.5 Å². The summed E-state index contributed by atoms with van der Waals surface area (Å²) >= 11 is 5.18. The molecule has 0 fully saturated rings.